The molecule has 24 heavy (non-hydrogen) atoms. The Bertz CT molecular complexity index is 961. The summed E-state index contributed by atoms with van der Waals surface area (Å²) in [5.41, 5.74) is 2.07. The van der Waals surface area contributed by atoms with Gasteiger partial charge in [-0.3, -0.25) is 4.79 Å². The zero-order valence-electron chi connectivity index (χ0n) is 13.6. The van der Waals surface area contributed by atoms with Crippen molar-refractivity contribution in [3.63, 3.8) is 0 Å². The first-order chi connectivity index (χ1) is 11.5. The molecule has 1 heterocycles. The van der Waals surface area contributed by atoms with Crippen LogP contribution in [0.15, 0.2) is 70.0 Å². The Morgan fingerprint density at radius 1 is 1.21 bits per heavy atom. The molecule has 0 aliphatic carbocycles. The number of halogens is 1. The first-order valence-corrected chi connectivity index (χ1v) is 7.71. The van der Waals surface area contributed by atoms with Crippen LogP contribution in [0, 0.1) is 5.82 Å². The summed E-state index contributed by atoms with van der Waals surface area (Å²) in [6.45, 7) is 7.58. The van der Waals surface area contributed by atoms with Gasteiger partial charge in [0.2, 0.25) is 5.43 Å². The van der Waals surface area contributed by atoms with E-state index >= 15 is 0 Å². The molecule has 4 heteroatoms. The van der Waals surface area contributed by atoms with Gasteiger partial charge >= 0.3 is 0 Å². The molecule has 3 nitrogen and oxygen atoms in total. The highest BCUT2D eigenvalue weighted by atomic mass is 19.1. The first-order valence-electron chi connectivity index (χ1n) is 7.71. The fourth-order valence-electron chi connectivity index (χ4n) is 2.80. The minimum absolute atomic E-state index is 0.236. The maximum Gasteiger partial charge on any atom is 0.200 e. The van der Waals surface area contributed by atoms with E-state index in [1.165, 1.54) is 18.2 Å². The van der Waals surface area contributed by atoms with Crippen LogP contribution in [0.4, 0.5) is 4.39 Å². The SMILES string of the molecule is C=C(C)NC(C)c1oc2ccc(F)cc2c(=O)c1-c1ccccc1. The Hall–Kier alpha value is -2.88. The van der Waals surface area contributed by atoms with Crippen molar-refractivity contribution in [2.75, 3.05) is 0 Å². The second kappa shape index (κ2) is 6.32. The summed E-state index contributed by atoms with van der Waals surface area (Å²) in [6.07, 6.45) is 0. The van der Waals surface area contributed by atoms with Gasteiger partial charge in [0.05, 0.1) is 17.0 Å². The van der Waals surface area contributed by atoms with Gasteiger partial charge in [0.25, 0.3) is 0 Å². The first kappa shape index (κ1) is 16.0. The highest BCUT2D eigenvalue weighted by Gasteiger charge is 2.21. The van der Waals surface area contributed by atoms with E-state index in [0.717, 1.165) is 11.3 Å². The average molecular weight is 323 g/mol. The molecule has 1 atom stereocenters. The molecule has 0 saturated heterocycles. The predicted molar refractivity (Wildman–Crippen MR) is 94.2 cm³/mol. The molecular formula is C20H18FNO2. The van der Waals surface area contributed by atoms with Gasteiger partial charge in [-0.05, 0) is 37.6 Å². The third-order valence-corrected chi connectivity index (χ3v) is 3.80. The van der Waals surface area contributed by atoms with Crippen LogP contribution in [0.3, 0.4) is 0 Å². The van der Waals surface area contributed by atoms with Crippen molar-refractivity contribution in [3.05, 3.63) is 82.6 Å². The smallest absolute Gasteiger partial charge is 0.200 e. The minimum atomic E-state index is -0.463. The van der Waals surface area contributed by atoms with Crippen LogP contribution in [-0.4, -0.2) is 0 Å². The fraction of sp³-hybridized carbons (Fsp3) is 0.150. The van der Waals surface area contributed by atoms with Gasteiger partial charge in [-0.2, -0.15) is 0 Å². The summed E-state index contributed by atoms with van der Waals surface area (Å²) in [5.74, 6) is 0.0444. The maximum absolute atomic E-state index is 13.6. The van der Waals surface area contributed by atoms with E-state index in [1.807, 2.05) is 44.2 Å². The van der Waals surface area contributed by atoms with Crippen molar-refractivity contribution in [1.82, 2.24) is 5.32 Å². The van der Waals surface area contributed by atoms with E-state index in [-0.39, 0.29) is 16.9 Å². The van der Waals surface area contributed by atoms with Gasteiger partial charge in [0.1, 0.15) is 17.2 Å². The summed E-state index contributed by atoms with van der Waals surface area (Å²) >= 11 is 0. The zero-order valence-corrected chi connectivity index (χ0v) is 13.6. The predicted octanol–water partition coefficient (Wildman–Crippen LogP) is 4.78. The van der Waals surface area contributed by atoms with Crippen LogP contribution in [0.25, 0.3) is 22.1 Å². The lowest BCUT2D eigenvalue weighted by molar-refractivity contribution is 0.469. The van der Waals surface area contributed by atoms with E-state index in [4.69, 9.17) is 4.42 Å². The average Bonchev–Trinajstić information content (AvgIpc) is 2.55. The van der Waals surface area contributed by atoms with E-state index in [1.54, 1.807) is 0 Å². The molecule has 0 bridgehead atoms. The quantitative estimate of drug-likeness (QED) is 0.751. The molecule has 1 aromatic heterocycles. The third-order valence-electron chi connectivity index (χ3n) is 3.80. The van der Waals surface area contributed by atoms with Crippen LogP contribution in [0.5, 0.6) is 0 Å². The maximum atomic E-state index is 13.6. The normalized spacial score (nSPS) is 12.1. The highest BCUT2D eigenvalue weighted by molar-refractivity contribution is 5.83. The second-order valence-electron chi connectivity index (χ2n) is 5.82. The molecule has 3 aromatic rings. The Kier molecular flexibility index (Phi) is 4.21. The van der Waals surface area contributed by atoms with Gasteiger partial charge < -0.3 is 9.73 Å². The third kappa shape index (κ3) is 2.95. The molecule has 1 unspecified atom stereocenters. The van der Waals surface area contributed by atoms with Crippen molar-refractivity contribution in [2.24, 2.45) is 0 Å². The van der Waals surface area contributed by atoms with Crippen LogP contribution in [0.2, 0.25) is 0 Å². The number of allylic oxidation sites excluding steroid dienone is 1. The zero-order chi connectivity index (χ0) is 17.3. The number of hydrogen-bond donors (Lipinski definition) is 1. The summed E-state index contributed by atoms with van der Waals surface area (Å²) in [5, 5.41) is 3.41. The molecule has 2 aromatic carbocycles. The number of rotatable bonds is 4. The Morgan fingerprint density at radius 3 is 2.58 bits per heavy atom. The standard InChI is InChI=1S/C20H18FNO2/c1-12(2)22-13(3)20-18(14-7-5-4-6-8-14)19(23)16-11-15(21)9-10-17(16)24-20/h4-11,13,22H,1H2,2-3H3. The molecule has 3 rings (SSSR count). The molecular weight excluding hydrogens is 305 g/mol. The molecule has 0 amide bonds. The monoisotopic (exact) mass is 323 g/mol. The van der Waals surface area contributed by atoms with Crippen molar-refractivity contribution < 1.29 is 8.81 Å². The van der Waals surface area contributed by atoms with Gasteiger partial charge in [-0.1, -0.05) is 36.9 Å². The highest BCUT2D eigenvalue weighted by Crippen LogP contribution is 2.29. The summed E-state index contributed by atoms with van der Waals surface area (Å²) < 4.78 is 19.6. The molecule has 0 saturated carbocycles. The lowest BCUT2D eigenvalue weighted by Gasteiger charge is -2.18. The molecule has 0 radical (unpaired) electrons. The van der Waals surface area contributed by atoms with E-state index in [2.05, 4.69) is 11.9 Å². The number of fused-ring (bicyclic) bond motifs is 1. The molecule has 0 aliphatic heterocycles. The van der Waals surface area contributed by atoms with E-state index < -0.39 is 5.82 Å². The lowest BCUT2D eigenvalue weighted by Crippen LogP contribution is -2.20. The van der Waals surface area contributed by atoms with Crippen molar-refractivity contribution in [3.8, 4) is 11.1 Å². The number of benzene rings is 2. The Labute approximate surface area is 139 Å². The minimum Gasteiger partial charge on any atom is -0.458 e. The Balaban J connectivity index is 2.34. The van der Waals surface area contributed by atoms with Crippen LogP contribution in [0.1, 0.15) is 25.6 Å². The molecule has 0 aliphatic rings. The van der Waals surface area contributed by atoms with Gasteiger partial charge in [-0.15, -0.1) is 0 Å². The van der Waals surface area contributed by atoms with E-state index in [9.17, 15) is 9.18 Å². The van der Waals surface area contributed by atoms with Gasteiger partial charge in [0, 0.05) is 5.70 Å². The summed E-state index contributed by atoms with van der Waals surface area (Å²) in [6, 6.07) is 13.0. The van der Waals surface area contributed by atoms with Crippen molar-refractivity contribution in [1.29, 1.82) is 0 Å². The molecule has 1 N–H and O–H groups in total. The largest absolute Gasteiger partial charge is 0.458 e. The van der Waals surface area contributed by atoms with Crippen LogP contribution < -0.4 is 10.7 Å². The lowest BCUT2D eigenvalue weighted by atomic mass is 9.99. The number of nitrogens with one attached hydrogen (secondary N) is 1. The molecule has 0 fully saturated rings. The Morgan fingerprint density at radius 2 is 1.92 bits per heavy atom. The van der Waals surface area contributed by atoms with Crippen molar-refractivity contribution in [2.45, 2.75) is 19.9 Å². The van der Waals surface area contributed by atoms with Gasteiger partial charge in [-0.25, -0.2) is 4.39 Å². The second-order valence-corrected chi connectivity index (χ2v) is 5.82. The van der Waals surface area contributed by atoms with Crippen molar-refractivity contribution >= 4 is 11.0 Å². The summed E-state index contributed by atoms with van der Waals surface area (Å²) in [4.78, 5) is 13.0. The van der Waals surface area contributed by atoms with Crippen LogP contribution in [-0.2, 0) is 0 Å². The topological polar surface area (TPSA) is 42.2 Å². The molecule has 0 spiro atoms. The van der Waals surface area contributed by atoms with E-state index in [0.29, 0.717) is 16.9 Å². The summed E-state index contributed by atoms with van der Waals surface area (Å²) in [7, 11) is 0. The molecule has 122 valence electrons. The van der Waals surface area contributed by atoms with Gasteiger partial charge in [0.15, 0.2) is 0 Å². The van der Waals surface area contributed by atoms with Crippen LogP contribution >= 0.6 is 0 Å². The fourth-order valence-corrected chi connectivity index (χ4v) is 2.80. The number of hydrogen-bond acceptors (Lipinski definition) is 3.